The quantitative estimate of drug-likeness (QED) is 0.446. The topological polar surface area (TPSA) is 105 Å². The minimum atomic E-state index is -1.36. The molecule has 1 aromatic carbocycles. The predicted octanol–water partition coefficient (Wildman–Crippen LogP) is 3.21. The molecule has 10 heteroatoms. The van der Waals surface area contributed by atoms with Gasteiger partial charge in [-0.2, -0.15) is 0 Å². The Labute approximate surface area is 202 Å². The van der Waals surface area contributed by atoms with Crippen molar-refractivity contribution in [2.75, 3.05) is 26.2 Å². The normalized spacial score (nSPS) is 18.2. The van der Waals surface area contributed by atoms with Crippen molar-refractivity contribution in [1.82, 2.24) is 9.62 Å². The molecule has 180 valence electrons. The van der Waals surface area contributed by atoms with Crippen molar-refractivity contribution in [3.8, 4) is 5.75 Å². The number of aliphatic hydroxyl groups is 1. The molecule has 1 saturated heterocycles. The Bertz CT molecular complexity index is 839. The van der Waals surface area contributed by atoms with E-state index in [0.29, 0.717) is 41.7 Å². The molecular weight excluding hydrogens is 473 g/mol. The summed E-state index contributed by atoms with van der Waals surface area (Å²) < 4.78 is 21.7. The third-order valence-corrected chi connectivity index (χ3v) is 7.67. The van der Waals surface area contributed by atoms with Crippen molar-refractivity contribution < 1.29 is 18.8 Å². The number of carbonyl (C=O) groups excluding carboxylic acids is 1. The smallest absolute Gasteiger partial charge is 0.252 e. The second-order valence-corrected chi connectivity index (χ2v) is 11.6. The van der Waals surface area contributed by atoms with Gasteiger partial charge in [0.2, 0.25) is 0 Å². The van der Waals surface area contributed by atoms with E-state index in [9.17, 15) is 14.1 Å². The van der Waals surface area contributed by atoms with Gasteiger partial charge in [-0.1, -0.05) is 35.9 Å². The van der Waals surface area contributed by atoms with Crippen LogP contribution in [0.4, 0.5) is 0 Å². The molecule has 3 atom stereocenters. The minimum absolute atomic E-state index is 0.0451. The van der Waals surface area contributed by atoms with Gasteiger partial charge in [-0.15, -0.1) is 0 Å². The maximum atomic E-state index is 13.0. The molecule has 1 fully saturated rings. The number of hydrogen-bond donors (Lipinski definition) is 3. The zero-order chi connectivity index (χ0) is 24.1. The second-order valence-electron chi connectivity index (χ2n) is 8.79. The largest absolute Gasteiger partial charge is 0.489 e. The summed E-state index contributed by atoms with van der Waals surface area (Å²) in [6.45, 7) is 10.5. The fourth-order valence-corrected chi connectivity index (χ4v) is 4.76. The van der Waals surface area contributed by atoms with Gasteiger partial charge in [-0.3, -0.25) is 4.79 Å². The van der Waals surface area contributed by atoms with Crippen LogP contribution in [0.15, 0.2) is 24.8 Å². The monoisotopic (exact) mass is 505 g/mol. The van der Waals surface area contributed by atoms with E-state index in [4.69, 9.17) is 33.7 Å². The molecule has 0 aliphatic carbocycles. The maximum Gasteiger partial charge on any atom is 0.252 e. The molecule has 0 bridgehead atoms. The van der Waals surface area contributed by atoms with Crippen LogP contribution in [0.25, 0.3) is 0 Å². The number of halogens is 2. The molecule has 1 heterocycles. The lowest BCUT2D eigenvalue weighted by molar-refractivity contribution is -0.141. The first-order valence-corrected chi connectivity index (χ1v) is 12.5. The third-order valence-electron chi connectivity index (χ3n) is 5.37. The van der Waals surface area contributed by atoms with Crippen molar-refractivity contribution in [2.45, 2.75) is 50.5 Å². The number of ether oxygens (including phenoxy) is 1. The lowest BCUT2D eigenvalue weighted by Gasteiger charge is -2.38. The minimum Gasteiger partial charge on any atom is -0.489 e. The molecule has 7 nitrogen and oxygen atoms in total. The number of amides is 1. The summed E-state index contributed by atoms with van der Waals surface area (Å²) in [5, 5.41) is 10.5. The van der Waals surface area contributed by atoms with Crippen molar-refractivity contribution in [3.05, 3.63) is 40.4 Å². The van der Waals surface area contributed by atoms with E-state index < -0.39 is 21.8 Å². The number of aliphatic hydroxyl groups excluding tert-OH is 1. The molecule has 1 aliphatic heterocycles. The SMILES string of the molecule is C=CCOc1cc(Cl)c(Cl)cc1[C@H](N[S@@](=O)C(C)(C)C)C1CCN(C(=O)[C@@H](O)CN)CC1. The van der Waals surface area contributed by atoms with Crippen LogP contribution in [-0.2, 0) is 15.8 Å². The molecule has 0 radical (unpaired) electrons. The highest BCUT2D eigenvalue weighted by Gasteiger charge is 2.35. The first-order chi connectivity index (χ1) is 15.0. The van der Waals surface area contributed by atoms with Gasteiger partial charge in [0.1, 0.15) is 18.5 Å². The van der Waals surface area contributed by atoms with E-state index in [0.717, 1.165) is 5.56 Å². The number of nitrogens with zero attached hydrogens (tertiary/aromatic N) is 1. The molecule has 32 heavy (non-hydrogen) atoms. The fourth-order valence-electron chi connectivity index (χ4n) is 3.53. The van der Waals surface area contributed by atoms with Gasteiger partial charge >= 0.3 is 0 Å². The Morgan fingerprint density at radius 1 is 1.38 bits per heavy atom. The average Bonchev–Trinajstić information content (AvgIpc) is 2.76. The van der Waals surface area contributed by atoms with E-state index in [-0.39, 0.29) is 31.0 Å². The van der Waals surface area contributed by atoms with Gasteiger partial charge in [0.25, 0.3) is 5.91 Å². The zero-order valence-corrected chi connectivity index (χ0v) is 21.1. The van der Waals surface area contributed by atoms with Crippen molar-refractivity contribution in [2.24, 2.45) is 11.7 Å². The number of hydrogen-bond acceptors (Lipinski definition) is 5. The lowest BCUT2D eigenvalue weighted by Crippen LogP contribution is -2.48. The Kier molecular flexibility index (Phi) is 10.00. The number of rotatable bonds is 9. The summed E-state index contributed by atoms with van der Waals surface area (Å²) in [5.74, 6) is 0.224. The molecular formula is C22H33Cl2N3O4S. The average molecular weight is 506 g/mol. The number of carbonyl (C=O) groups is 1. The molecule has 1 aromatic rings. The van der Waals surface area contributed by atoms with Gasteiger partial charge in [0.05, 0.1) is 31.8 Å². The van der Waals surface area contributed by atoms with Crippen LogP contribution in [-0.4, -0.2) is 57.2 Å². The molecule has 1 amide bonds. The molecule has 0 aromatic heterocycles. The van der Waals surface area contributed by atoms with Crippen LogP contribution in [0.1, 0.15) is 45.2 Å². The summed E-state index contributed by atoms with van der Waals surface area (Å²) in [6, 6.07) is 3.06. The number of nitrogens with one attached hydrogen (secondary N) is 1. The molecule has 4 N–H and O–H groups in total. The van der Waals surface area contributed by atoms with E-state index in [2.05, 4.69) is 11.3 Å². The number of nitrogens with two attached hydrogens (primary N) is 1. The van der Waals surface area contributed by atoms with Crippen molar-refractivity contribution in [3.63, 3.8) is 0 Å². The predicted molar refractivity (Wildman–Crippen MR) is 130 cm³/mol. The van der Waals surface area contributed by atoms with Gasteiger partial charge in [-0.05, 0) is 45.6 Å². The van der Waals surface area contributed by atoms with Crippen molar-refractivity contribution >= 4 is 40.1 Å². The first kappa shape index (κ1) is 27.1. The van der Waals surface area contributed by atoms with Crippen LogP contribution in [0.3, 0.4) is 0 Å². The second kappa shape index (κ2) is 11.8. The summed E-state index contributed by atoms with van der Waals surface area (Å²) in [6.07, 6.45) is 1.73. The molecule has 1 aliphatic rings. The molecule has 2 rings (SSSR count). The number of benzene rings is 1. The third kappa shape index (κ3) is 6.92. The van der Waals surface area contributed by atoms with Gasteiger partial charge in [0, 0.05) is 31.3 Å². The van der Waals surface area contributed by atoms with Crippen LogP contribution >= 0.6 is 23.2 Å². The summed E-state index contributed by atoms with van der Waals surface area (Å²) >= 11 is 12.6. The van der Waals surface area contributed by atoms with E-state index >= 15 is 0 Å². The number of likely N-dealkylation sites (tertiary alicyclic amines) is 1. The molecule has 0 spiro atoms. The van der Waals surface area contributed by atoms with Crippen LogP contribution < -0.4 is 15.2 Å². The van der Waals surface area contributed by atoms with Crippen molar-refractivity contribution in [1.29, 1.82) is 0 Å². The summed E-state index contributed by atoms with van der Waals surface area (Å²) in [7, 11) is -1.36. The van der Waals surface area contributed by atoms with Crippen LogP contribution in [0.5, 0.6) is 5.75 Å². The Balaban J connectivity index is 2.36. The lowest BCUT2D eigenvalue weighted by atomic mass is 9.85. The van der Waals surface area contributed by atoms with E-state index in [1.54, 1.807) is 23.1 Å². The van der Waals surface area contributed by atoms with Gasteiger partial charge in [-0.25, -0.2) is 8.93 Å². The Hall–Kier alpha value is -1.16. The standard InChI is InChI=1S/C22H33Cl2N3O4S/c1-5-10-31-19-12-17(24)16(23)11-15(19)20(26-32(30)22(2,3)4)14-6-8-27(9-7-14)21(29)18(28)13-25/h5,11-12,14,18,20,26,28H,1,6-10,13,25H2,2-4H3/t18-,20+,32-/m0/s1. The highest BCUT2D eigenvalue weighted by molar-refractivity contribution is 7.84. The van der Waals surface area contributed by atoms with E-state index in [1.807, 2.05) is 20.8 Å². The van der Waals surface area contributed by atoms with Crippen LogP contribution in [0.2, 0.25) is 10.0 Å². The molecule has 0 unspecified atom stereocenters. The maximum absolute atomic E-state index is 13.0. The van der Waals surface area contributed by atoms with E-state index in [1.165, 1.54) is 0 Å². The number of piperidine rings is 1. The Morgan fingerprint density at radius 2 is 1.97 bits per heavy atom. The first-order valence-electron chi connectivity index (χ1n) is 10.6. The fraction of sp³-hybridized carbons (Fsp3) is 0.591. The zero-order valence-electron chi connectivity index (χ0n) is 18.8. The van der Waals surface area contributed by atoms with Gasteiger partial charge < -0.3 is 20.5 Å². The summed E-state index contributed by atoms with van der Waals surface area (Å²) in [5.41, 5.74) is 6.18. The van der Waals surface area contributed by atoms with Crippen LogP contribution in [0, 0.1) is 5.92 Å². The Morgan fingerprint density at radius 3 is 2.50 bits per heavy atom. The highest BCUT2D eigenvalue weighted by atomic mass is 35.5. The summed E-state index contributed by atoms with van der Waals surface area (Å²) in [4.78, 5) is 13.9. The van der Waals surface area contributed by atoms with Gasteiger partial charge in [0.15, 0.2) is 0 Å². The highest BCUT2D eigenvalue weighted by Crippen LogP contribution is 2.40. The molecule has 0 saturated carbocycles.